The summed E-state index contributed by atoms with van der Waals surface area (Å²) in [6.45, 7) is 2.65. The number of piperazine rings is 1. The molecule has 2 N–H and O–H groups in total. The monoisotopic (exact) mass is 476 g/mol. The quantitative estimate of drug-likeness (QED) is 0.524. The molecule has 0 atom stereocenters. The number of benzene rings is 2. The Bertz CT molecular complexity index is 1110. The smallest absolute Gasteiger partial charge is 0.264 e. The molecule has 1 fully saturated rings. The van der Waals surface area contributed by atoms with Gasteiger partial charge in [-0.2, -0.15) is 0 Å². The maximum absolute atomic E-state index is 12.7. The number of nitrogens with zero attached hydrogens (tertiary/aromatic N) is 2. The molecule has 0 unspecified atom stereocenters. The van der Waals surface area contributed by atoms with Crippen molar-refractivity contribution >= 4 is 34.7 Å². The molecular formula is C26H28N4O3S. The summed E-state index contributed by atoms with van der Waals surface area (Å²) in [6, 6.07) is 20.9. The van der Waals surface area contributed by atoms with E-state index in [-0.39, 0.29) is 24.3 Å². The van der Waals surface area contributed by atoms with E-state index in [0.29, 0.717) is 44.0 Å². The number of carbonyl (C=O) groups is 3. The molecule has 1 saturated heterocycles. The van der Waals surface area contributed by atoms with Crippen LogP contribution in [-0.2, 0) is 11.2 Å². The van der Waals surface area contributed by atoms with Crippen molar-refractivity contribution in [2.75, 3.05) is 44.6 Å². The Morgan fingerprint density at radius 3 is 2.26 bits per heavy atom. The van der Waals surface area contributed by atoms with Gasteiger partial charge in [0.1, 0.15) is 0 Å². The molecule has 2 aromatic carbocycles. The second kappa shape index (κ2) is 11.5. The zero-order valence-corrected chi connectivity index (χ0v) is 19.7. The maximum atomic E-state index is 12.7. The maximum Gasteiger partial charge on any atom is 0.264 e. The second-order valence-electron chi connectivity index (χ2n) is 8.04. The fourth-order valence-electron chi connectivity index (χ4n) is 3.89. The molecule has 0 aliphatic carbocycles. The van der Waals surface area contributed by atoms with E-state index in [1.54, 1.807) is 21.9 Å². The Labute approximate surface area is 203 Å². The summed E-state index contributed by atoms with van der Waals surface area (Å²) in [5.41, 5.74) is 2.30. The van der Waals surface area contributed by atoms with E-state index in [1.807, 2.05) is 60.0 Å². The summed E-state index contributed by atoms with van der Waals surface area (Å²) in [7, 11) is 0. The first-order chi connectivity index (χ1) is 16.6. The molecule has 8 heteroatoms. The van der Waals surface area contributed by atoms with E-state index in [9.17, 15) is 14.4 Å². The van der Waals surface area contributed by atoms with Crippen LogP contribution in [0.1, 0.15) is 25.6 Å². The molecule has 34 heavy (non-hydrogen) atoms. The van der Waals surface area contributed by atoms with Gasteiger partial charge in [0.15, 0.2) is 0 Å². The predicted molar refractivity (Wildman–Crippen MR) is 134 cm³/mol. The lowest BCUT2D eigenvalue weighted by atomic mass is 10.1. The Kier molecular flexibility index (Phi) is 7.93. The Balaban J connectivity index is 1.25. The summed E-state index contributed by atoms with van der Waals surface area (Å²) in [5.74, 6) is -0.206. The van der Waals surface area contributed by atoms with Gasteiger partial charge in [-0.3, -0.25) is 14.4 Å². The topological polar surface area (TPSA) is 81.8 Å². The predicted octanol–water partition coefficient (Wildman–Crippen LogP) is 3.12. The largest absolute Gasteiger partial charge is 0.376 e. The summed E-state index contributed by atoms with van der Waals surface area (Å²) in [5, 5.41) is 7.97. The van der Waals surface area contributed by atoms with E-state index in [2.05, 4.69) is 10.6 Å². The van der Waals surface area contributed by atoms with Gasteiger partial charge in [-0.25, -0.2) is 0 Å². The van der Waals surface area contributed by atoms with Crippen LogP contribution in [0.3, 0.4) is 0 Å². The van der Waals surface area contributed by atoms with Gasteiger partial charge >= 0.3 is 0 Å². The molecule has 0 radical (unpaired) electrons. The van der Waals surface area contributed by atoms with Crippen molar-refractivity contribution in [1.29, 1.82) is 0 Å². The first-order valence-corrected chi connectivity index (χ1v) is 12.3. The summed E-state index contributed by atoms with van der Waals surface area (Å²) < 4.78 is 0. The molecule has 176 valence electrons. The van der Waals surface area contributed by atoms with E-state index >= 15 is 0 Å². The van der Waals surface area contributed by atoms with Crippen molar-refractivity contribution in [1.82, 2.24) is 15.1 Å². The number of rotatable bonds is 8. The van der Waals surface area contributed by atoms with Crippen LogP contribution in [0.2, 0.25) is 0 Å². The highest BCUT2D eigenvalue weighted by Gasteiger charge is 2.25. The van der Waals surface area contributed by atoms with Gasteiger partial charge in [-0.15, -0.1) is 11.3 Å². The first-order valence-electron chi connectivity index (χ1n) is 11.4. The highest BCUT2D eigenvalue weighted by Crippen LogP contribution is 2.16. The molecule has 0 spiro atoms. The number of hydrogen-bond acceptors (Lipinski definition) is 5. The number of para-hydroxylation sites is 1. The highest BCUT2D eigenvalue weighted by molar-refractivity contribution is 7.12. The third kappa shape index (κ3) is 6.02. The van der Waals surface area contributed by atoms with Crippen molar-refractivity contribution in [2.45, 2.75) is 6.42 Å². The van der Waals surface area contributed by atoms with Crippen LogP contribution < -0.4 is 10.6 Å². The van der Waals surface area contributed by atoms with Crippen molar-refractivity contribution in [3.05, 3.63) is 88.1 Å². The number of amides is 3. The standard InChI is InChI=1S/C26H28N4O3S/c31-24(29-14-16-30(17-15-29)26(33)23-11-6-18-34-23)19-28-22-10-5-4-9-21(22)25(32)27-13-12-20-7-2-1-3-8-20/h1-11,18,28H,12-17,19H2,(H,27,32). The molecule has 1 aliphatic heterocycles. The Hall–Kier alpha value is -3.65. The Morgan fingerprint density at radius 2 is 1.53 bits per heavy atom. The molecule has 3 amide bonds. The summed E-state index contributed by atoms with van der Waals surface area (Å²) in [6.07, 6.45) is 0.752. The van der Waals surface area contributed by atoms with Gasteiger partial charge in [-0.1, -0.05) is 48.5 Å². The van der Waals surface area contributed by atoms with Crippen molar-refractivity contribution in [2.24, 2.45) is 0 Å². The SMILES string of the molecule is O=C(NCCc1ccccc1)c1ccccc1NCC(=O)N1CCN(C(=O)c2cccs2)CC1. The first kappa shape index (κ1) is 23.5. The number of nitrogens with one attached hydrogen (secondary N) is 2. The zero-order valence-electron chi connectivity index (χ0n) is 18.9. The van der Waals surface area contributed by atoms with Gasteiger partial charge in [-0.05, 0) is 35.6 Å². The minimum atomic E-state index is -0.174. The fourth-order valence-corrected chi connectivity index (χ4v) is 4.58. The third-order valence-corrected chi connectivity index (χ3v) is 6.65. The van der Waals surface area contributed by atoms with Crippen LogP contribution in [0.25, 0.3) is 0 Å². The van der Waals surface area contributed by atoms with Crippen LogP contribution >= 0.6 is 11.3 Å². The molecule has 7 nitrogen and oxygen atoms in total. The molecule has 3 aromatic rings. The van der Waals surface area contributed by atoms with Crippen LogP contribution in [0.4, 0.5) is 5.69 Å². The summed E-state index contributed by atoms with van der Waals surface area (Å²) in [4.78, 5) is 42.2. The van der Waals surface area contributed by atoms with Gasteiger partial charge in [0.05, 0.1) is 17.0 Å². The second-order valence-corrected chi connectivity index (χ2v) is 8.99. The molecular weight excluding hydrogens is 448 g/mol. The van der Waals surface area contributed by atoms with E-state index in [4.69, 9.17) is 0 Å². The normalized spacial score (nSPS) is 13.4. The number of anilines is 1. The molecule has 0 saturated carbocycles. The number of hydrogen-bond donors (Lipinski definition) is 2. The number of carbonyl (C=O) groups excluding carboxylic acids is 3. The van der Waals surface area contributed by atoms with E-state index in [1.165, 1.54) is 11.3 Å². The van der Waals surface area contributed by atoms with Gasteiger partial charge in [0.25, 0.3) is 11.8 Å². The molecule has 1 aliphatic rings. The molecule has 2 heterocycles. The molecule has 1 aromatic heterocycles. The Morgan fingerprint density at radius 1 is 0.824 bits per heavy atom. The van der Waals surface area contributed by atoms with Gasteiger partial charge in [0.2, 0.25) is 5.91 Å². The lowest BCUT2D eigenvalue weighted by molar-refractivity contribution is -0.130. The van der Waals surface area contributed by atoms with Crippen molar-refractivity contribution in [3.8, 4) is 0 Å². The van der Waals surface area contributed by atoms with Crippen molar-refractivity contribution in [3.63, 3.8) is 0 Å². The average molecular weight is 477 g/mol. The minimum absolute atomic E-state index is 0.0208. The number of thiophene rings is 1. The molecule has 4 rings (SSSR count). The van der Waals surface area contributed by atoms with E-state index < -0.39 is 0 Å². The molecule has 0 bridgehead atoms. The van der Waals surface area contributed by atoms with Gasteiger partial charge in [0, 0.05) is 38.4 Å². The highest BCUT2D eigenvalue weighted by atomic mass is 32.1. The van der Waals surface area contributed by atoms with Crippen LogP contribution in [0, 0.1) is 0 Å². The van der Waals surface area contributed by atoms with Crippen LogP contribution in [-0.4, -0.2) is 66.8 Å². The average Bonchev–Trinajstić information content (AvgIpc) is 3.43. The van der Waals surface area contributed by atoms with E-state index in [0.717, 1.165) is 16.9 Å². The lowest BCUT2D eigenvalue weighted by Crippen LogP contribution is -2.51. The fraction of sp³-hybridized carbons (Fsp3) is 0.269. The zero-order chi connectivity index (χ0) is 23.8. The lowest BCUT2D eigenvalue weighted by Gasteiger charge is -2.34. The van der Waals surface area contributed by atoms with Crippen molar-refractivity contribution < 1.29 is 14.4 Å². The van der Waals surface area contributed by atoms with Crippen LogP contribution in [0.5, 0.6) is 0 Å². The third-order valence-electron chi connectivity index (χ3n) is 5.80. The van der Waals surface area contributed by atoms with Crippen LogP contribution in [0.15, 0.2) is 72.1 Å². The minimum Gasteiger partial charge on any atom is -0.376 e. The van der Waals surface area contributed by atoms with Gasteiger partial charge < -0.3 is 20.4 Å². The summed E-state index contributed by atoms with van der Waals surface area (Å²) >= 11 is 1.43.